The van der Waals surface area contributed by atoms with Crippen molar-refractivity contribution in [3.63, 3.8) is 0 Å². The van der Waals surface area contributed by atoms with Crippen LogP contribution in [0.15, 0.2) is 36.7 Å². The average Bonchev–Trinajstić information content (AvgIpc) is 3.63. The van der Waals surface area contributed by atoms with Crippen molar-refractivity contribution in [2.75, 3.05) is 26.2 Å². The Kier molecular flexibility index (Phi) is 15.8. The third-order valence-electron chi connectivity index (χ3n) is 6.45. The lowest BCUT2D eigenvalue weighted by molar-refractivity contribution is -0.138. The van der Waals surface area contributed by atoms with Crippen molar-refractivity contribution in [1.82, 2.24) is 39.7 Å². The largest absolute Gasteiger partial charge is 0.417 e. The topological polar surface area (TPSA) is 131 Å². The zero-order valence-electron chi connectivity index (χ0n) is 28.0. The molecule has 0 bridgehead atoms. The Morgan fingerprint density at radius 3 is 1.55 bits per heavy atom. The van der Waals surface area contributed by atoms with Crippen LogP contribution in [-0.4, -0.2) is 77.3 Å². The second kappa shape index (κ2) is 18.8. The van der Waals surface area contributed by atoms with Crippen molar-refractivity contribution in [2.24, 2.45) is 0 Å². The number of aryl methyl sites for hydroxylation is 2. The first-order valence-electron chi connectivity index (χ1n) is 14.9. The van der Waals surface area contributed by atoms with Gasteiger partial charge < -0.3 is 19.3 Å². The molecule has 0 aromatic carbocycles. The van der Waals surface area contributed by atoms with Crippen LogP contribution in [0.2, 0.25) is 10.0 Å². The van der Waals surface area contributed by atoms with Gasteiger partial charge in [0.1, 0.15) is 10.0 Å². The van der Waals surface area contributed by atoms with Gasteiger partial charge in [0, 0.05) is 56.4 Å². The van der Waals surface area contributed by atoms with Gasteiger partial charge in [0.25, 0.3) is 0 Å². The second-order valence-electron chi connectivity index (χ2n) is 10.0. The number of amides is 2. The molecule has 0 aliphatic rings. The lowest BCUT2D eigenvalue weighted by atomic mass is 10.3. The van der Waals surface area contributed by atoms with Crippen LogP contribution in [-0.2, 0) is 12.4 Å². The Morgan fingerprint density at radius 1 is 0.765 bits per heavy atom. The van der Waals surface area contributed by atoms with Gasteiger partial charge in [0.05, 0.1) is 16.8 Å². The third-order valence-corrected chi connectivity index (χ3v) is 7.23. The van der Waals surface area contributed by atoms with E-state index in [4.69, 9.17) is 44.3 Å². The standard InChI is InChI=1S/C15H16ClF3N4O2.C10H7ClF3N3O.C5H10ClNO/c1-4-22(5-2)14(24)23-9(3)6-12(21-23)25-13-11(16)7-10(8-20-13)15(17,18)19;1-5-2-8(17-16-5)18-9-7(11)3-6(4-15-9)10(12,13)14;1-3-7(4-2)5(6)8/h6-8H,4-5H2,1-3H3;2-4H,1H3,(H,16,17);3-4H2,1-2H3. The number of aromatic nitrogens is 6. The van der Waals surface area contributed by atoms with Gasteiger partial charge in [-0.05, 0) is 65.3 Å². The number of alkyl halides is 6. The molecule has 0 aliphatic heterocycles. The fraction of sp³-hybridized carbons (Fsp3) is 0.400. The molecule has 280 valence electrons. The third kappa shape index (κ3) is 12.8. The monoisotopic (exact) mass is 788 g/mol. The number of ether oxygens (including phenoxy) is 2. The van der Waals surface area contributed by atoms with Gasteiger partial charge in [0.15, 0.2) is 0 Å². The predicted molar refractivity (Wildman–Crippen MR) is 177 cm³/mol. The van der Waals surface area contributed by atoms with Gasteiger partial charge in [-0.25, -0.2) is 14.8 Å². The number of hydrogen-bond donors (Lipinski definition) is 1. The Morgan fingerprint density at radius 2 is 1.22 bits per heavy atom. The lowest BCUT2D eigenvalue weighted by Crippen LogP contribution is -2.35. The van der Waals surface area contributed by atoms with E-state index in [1.165, 1.54) is 6.07 Å². The molecule has 21 heteroatoms. The highest BCUT2D eigenvalue weighted by Gasteiger charge is 2.33. The molecule has 4 heterocycles. The number of carbonyl (C=O) groups excluding carboxylic acids is 2. The number of hydrogen-bond acceptors (Lipinski definition) is 8. The van der Waals surface area contributed by atoms with Crippen LogP contribution < -0.4 is 9.47 Å². The van der Waals surface area contributed by atoms with E-state index >= 15 is 0 Å². The summed E-state index contributed by atoms with van der Waals surface area (Å²) in [7, 11) is 0. The summed E-state index contributed by atoms with van der Waals surface area (Å²) in [6.45, 7) is 13.3. The molecular formula is C30H33Cl3F6N8O4. The molecule has 0 spiro atoms. The quantitative estimate of drug-likeness (QED) is 0.106. The summed E-state index contributed by atoms with van der Waals surface area (Å²) in [5.74, 6) is -0.167. The summed E-state index contributed by atoms with van der Waals surface area (Å²) in [4.78, 5) is 32.8. The molecule has 1 N–H and O–H groups in total. The van der Waals surface area contributed by atoms with Crippen LogP contribution >= 0.6 is 34.8 Å². The number of aromatic amines is 1. The van der Waals surface area contributed by atoms with Crippen LogP contribution in [0.1, 0.15) is 50.2 Å². The minimum absolute atomic E-state index is 0.00663. The zero-order valence-corrected chi connectivity index (χ0v) is 30.2. The van der Waals surface area contributed by atoms with Crippen molar-refractivity contribution in [3.05, 3.63) is 69.2 Å². The fourth-order valence-corrected chi connectivity index (χ4v) is 4.39. The molecular weight excluding hydrogens is 757 g/mol. The second-order valence-corrected chi connectivity index (χ2v) is 11.2. The highest BCUT2D eigenvalue weighted by molar-refractivity contribution is 6.62. The first-order chi connectivity index (χ1) is 23.7. The molecule has 0 unspecified atom stereocenters. The average molecular weight is 790 g/mol. The highest BCUT2D eigenvalue weighted by Crippen LogP contribution is 2.35. The van der Waals surface area contributed by atoms with E-state index in [0.717, 1.165) is 22.5 Å². The highest BCUT2D eigenvalue weighted by atomic mass is 35.5. The summed E-state index contributed by atoms with van der Waals surface area (Å²) < 4.78 is 86.6. The van der Waals surface area contributed by atoms with Crippen molar-refractivity contribution >= 4 is 46.2 Å². The van der Waals surface area contributed by atoms with E-state index in [0.29, 0.717) is 44.3 Å². The number of halogens is 9. The normalized spacial score (nSPS) is 11.1. The Hall–Kier alpha value is -4.29. The van der Waals surface area contributed by atoms with Gasteiger partial charge in [-0.2, -0.15) is 31.0 Å². The van der Waals surface area contributed by atoms with Gasteiger partial charge >= 0.3 is 23.8 Å². The van der Waals surface area contributed by atoms with Crippen LogP contribution in [0, 0.1) is 13.8 Å². The minimum atomic E-state index is -4.55. The van der Waals surface area contributed by atoms with Gasteiger partial charge in [0.2, 0.25) is 23.5 Å². The van der Waals surface area contributed by atoms with Crippen LogP contribution in [0.3, 0.4) is 0 Å². The first kappa shape index (κ1) is 42.9. The SMILES string of the molecule is CCN(CC)C(=O)Cl.CCN(CC)C(=O)n1nc(Oc2ncc(C(F)(F)F)cc2Cl)cc1C.Cc1cc(Oc2ncc(C(F)(F)F)cc2Cl)n[nH]1. The van der Waals surface area contributed by atoms with Gasteiger partial charge in [-0.3, -0.25) is 9.89 Å². The van der Waals surface area contributed by atoms with E-state index in [-0.39, 0.29) is 45.0 Å². The van der Waals surface area contributed by atoms with Crippen molar-refractivity contribution in [1.29, 1.82) is 0 Å². The number of H-pyrrole nitrogens is 1. The number of nitrogens with one attached hydrogen (secondary N) is 1. The first-order valence-corrected chi connectivity index (χ1v) is 16.0. The summed E-state index contributed by atoms with van der Waals surface area (Å²) in [5, 5.41) is 9.48. The number of pyridine rings is 2. The molecule has 0 saturated heterocycles. The van der Waals surface area contributed by atoms with E-state index < -0.39 is 23.5 Å². The summed E-state index contributed by atoms with van der Waals surface area (Å²) >= 11 is 16.6. The Bertz CT molecular complexity index is 1760. The maximum Gasteiger partial charge on any atom is 0.417 e. The molecule has 0 aliphatic carbocycles. The van der Waals surface area contributed by atoms with E-state index in [1.54, 1.807) is 29.7 Å². The molecule has 4 aromatic rings. The summed E-state index contributed by atoms with van der Waals surface area (Å²) in [6.07, 6.45) is -7.77. The molecule has 0 atom stereocenters. The smallest absolute Gasteiger partial charge is 0.417 e. The Labute approximate surface area is 303 Å². The van der Waals surface area contributed by atoms with Crippen LogP contribution in [0.25, 0.3) is 0 Å². The molecule has 4 aromatic heterocycles. The minimum Gasteiger partial charge on any atom is -0.417 e. The number of nitrogens with zero attached hydrogens (tertiary/aromatic N) is 7. The maximum absolute atomic E-state index is 12.6. The van der Waals surface area contributed by atoms with Crippen LogP contribution in [0.4, 0.5) is 35.9 Å². The summed E-state index contributed by atoms with van der Waals surface area (Å²) in [6, 6.07) is 4.18. The number of carbonyl (C=O) groups is 2. The predicted octanol–water partition coefficient (Wildman–Crippen LogP) is 9.63. The van der Waals surface area contributed by atoms with E-state index in [1.807, 2.05) is 27.7 Å². The molecule has 51 heavy (non-hydrogen) atoms. The zero-order chi connectivity index (χ0) is 38.7. The summed E-state index contributed by atoms with van der Waals surface area (Å²) in [5.41, 5.74) is -0.663. The van der Waals surface area contributed by atoms with Crippen molar-refractivity contribution < 1.29 is 45.4 Å². The molecule has 12 nitrogen and oxygen atoms in total. The number of rotatable bonds is 8. The molecule has 4 rings (SSSR count). The fourth-order valence-electron chi connectivity index (χ4n) is 3.74. The molecule has 0 saturated carbocycles. The molecule has 2 amide bonds. The van der Waals surface area contributed by atoms with Crippen molar-refractivity contribution in [2.45, 2.75) is 53.9 Å². The molecule has 0 radical (unpaired) electrons. The van der Waals surface area contributed by atoms with E-state index in [2.05, 4.69) is 25.3 Å². The molecule has 0 fully saturated rings. The maximum atomic E-state index is 12.6. The lowest BCUT2D eigenvalue weighted by Gasteiger charge is -2.18. The Balaban J connectivity index is 0.000000301. The van der Waals surface area contributed by atoms with Gasteiger partial charge in [-0.1, -0.05) is 23.2 Å². The van der Waals surface area contributed by atoms with Gasteiger partial charge in [-0.15, -0.1) is 10.2 Å². The van der Waals surface area contributed by atoms with Crippen LogP contribution in [0.5, 0.6) is 23.5 Å². The van der Waals surface area contributed by atoms with E-state index in [9.17, 15) is 35.9 Å². The van der Waals surface area contributed by atoms with Crippen molar-refractivity contribution in [3.8, 4) is 23.5 Å².